The van der Waals surface area contributed by atoms with E-state index in [1.165, 1.54) is 0 Å². The lowest BCUT2D eigenvalue weighted by Crippen LogP contribution is -2.28. The minimum Gasteiger partial charge on any atom is -0.484 e. The molecule has 2 heterocycles. The quantitative estimate of drug-likeness (QED) is 0.513. The lowest BCUT2D eigenvalue weighted by molar-refractivity contribution is -0.123. The number of aromatic nitrogens is 3. The summed E-state index contributed by atoms with van der Waals surface area (Å²) in [5, 5.41) is 7.04. The molecule has 0 fully saturated rings. The van der Waals surface area contributed by atoms with Gasteiger partial charge in [-0.1, -0.05) is 42.5 Å². The van der Waals surface area contributed by atoms with Crippen molar-refractivity contribution in [3.05, 3.63) is 90.9 Å². The van der Waals surface area contributed by atoms with Crippen LogP contribution in [0.15, 0.2) is 85.3 Å². The highest BCUT2D eigenvalue weighted by Gasteiger charge is 2.07. The van der Waals surface area contributed by atoms with Crippen molar-refractivity contribution in [3.8, 4) is 28.1 Å². The third kappa shape index (κ3) is 4.72. The summed E-state index contributed by atoms with van der Waals surface area (Å²) in [5.41, 5.74) is 5.08. The second kappa shape index (κ2) is 9.05. The van der Waals surface area contributed by atoms with Crippen molar-refractivity contribution in [3.63, 3.8) is 0 Å². The molecular formula is C24H22N4O2. The van der Waals surface area contributed by atoms with E-state index in [0.29, 0.717) is 12.3 Å². The Morgan fingerprint density at radius 1 is 0.967 bits per heavy atom. The summed E-state index contributed by atoms with van der Waals surface area (Å²) in [6, 6.07) is 21.7. The summed E-state index contributed by atoms with van der Waals surface area (Å²) in [7, 11) is 1.88. The van der Waals surface area contributed by atoms with Crippen LogP contribution in [0.5, 0.6) is 5.75 Å². The van der Waals surface area contributed by atoms with E-state index in [-0.39, 0.29) is 12.5 Å². The average Bonchev–Trinajstić information content (AvgIpc) is 3.23. The van der Waals surface area contributed by atoms with Gasteiger partial charge in [0.2, 0.25) is 0 Å². The molecule has 0 aliphatic carbocycles. The summed E-state index contributed by atoms with van der Waals surface area (Å²) in [6.07, 6.45) is 5.27. The van der Waals surface area contributed by atoms with Crippen molar-refractivity contribution in [2.24, 2.45) is 7.05 Å². The molecule has 0 unspecified atom stereocenters. The topological polar surface area (TPSA) is 69.0 Å². The first kappa shape index (κ1) is 19.4. The minimum atomic E-state index is -0.187. The molecule has 0 aliphatic heterocycles. The minimum absolute atomic E-state index is 0.0421. The standard InChI is InChI=1S/C24H22N4O2/c1-28-23(11-12-27-28)21-13-18(14-25-16-21)15-26-24(29)17-30-22-9-7-20(8-10-22)19-5-3-2-4-6-19/h2-14,16H,15,17H2,1H3,(H,26,29). The molecule has 0 bridgehead atoms. The smallest absolute Gasteiger partial charge is 0.258 e. The van der Waals surface area contributed by atoms with Gasteiger partial charge >= 0.3 is 0 Å². The molecule has 2 aromatic carbocycles. The predicted molar refractivity (Wildman–Crippen MR) is 116 cm³/mol. The molecule has 6 heteroatoms. The van der Waals surface area contributed by atoms with Gasteiger partial charge in [-0.25, -0.2) is 0 Å². The van der Waals surface area contributed by atoms with Gasteiger partial charge in [0.1, 0.15) is 5.75 Å². The number of carbonyl (C=O) groups is 1. The van der Waals surface area contributed by atoms with Crippen LogP contribution in [0.1, 0.15) is 5.56 Å². The molecule has 4 rings (SSSR count). The van der Waals surface area contributed by atoms with Gasteiger partial charge in [0.25, 0.3) is 5.91 Å². The molecule has 1 amide bonds. The molecule has 0 saturated carbocycles. The maximum absolute atomic E-state index is 12.2. The largest absolute Gasteiger partial charge is 0.484 e. The Hall–Kier alpha value is -3.93. The number of pyridine rings is 1. The van der Waals surface area contributed by atoms with Crippen molar-refractivity contribution in [1.82, 2.24) is 20.1 Å². The number of carbonyl (C=O) groups excluding carboxylic acids is 1. The highest BCUT2D eigenvalue weighted by Crippen LogP contribution is 2.22. The fraction of sp³-hybridized carbons (Fsp3) is 0.125. The number of hydrogen-bond acceptors (Lipinski definition) is 4. The lowest BCUT2D eigenvalue weighted by atomic mass is 10.1. The Balaban J connectivity index is 1.29. The molecule has 30 heavy (non-hydrogen) atoms. The van der Waals surface area contributed by atoms with E-state index in [4.69, 9.17) is 4.74 Å². The summed E-state index contributed by atoms with van der Waals surface area (Å²) in [5.74, 6) is 0.470. The monoisotopic (exact) mass is 398 g/mol. The number of ether oxygens (including phenoxy) is 1. The molecule has 0 saturated heterocycles. The summed E-state index contributed by atoms with van der Waals surface area (Å²) in [4.78, 5) is 16.4. The van der Waals surface area contributed by atoms with Crippen molar-refractivity contribution >= 4 is 5.91 Å². The van der Waals surface area contributed by atoms with Gasteiger partial charge in [0.15, 0.2) is 6.61 Å². The summed E-state index contributed by atoms with van der Waals surface area (Å²) >= 11 is 0. The van der Waals surface area contributed by atoms with E-state index < -0.39 is 0 Å². The van der Waals surface area contributed by atoms with E-state index in [9.17, 15) is 4.79 Å². The van der Waals surface area contributed by atoms with Crippen molar-refractivity contribution in [1.29, 1.82) is 0 Å². The summed E-state index contributed by atoms with van der Waals surface area (Å²) < 4.78 is 7.39. The fourth-order valence-electron chi connectivity index (χ4n) is 3.16. The van der Waals surface area contributed by atoms with Crippen LogP contribution < -0.4 is 10.1 Å². The zero-order valence-corrected chi connectivity index (χ0v) is 16.7. The first-order chi connectivity index (χ1) is 14.7. The third-order valence-electron chi connectivity index (χ3n) is 4.73. The SMILES string of the molecule is Cn1nccc1-c1cncc(CNC(=O)COc2ccc(-c3ccccc3)cc2)c1. The molecule has 0 atom stereocenters. The van der Waals surface area contributed by atoms with Crippen LogP contribution in [-0.2, 0) is 18.4 Å². The van der Waals surface area contributed by atoms with Crippen LogP contribution in [-0.4, -0.2) is 27.3 Å². The van der Waals surface area contributed by atoms with Gasteiger partial charge in [-0.05, 0) is 41.0 Å². The molecule has 6 nitrogen and oxygen atoms in total. The number of nitrogens with zero attached hydrogens (tertiary/aromatic N) is 3. The lowest BCUT2D eigenvalue weighted by Gasteiger charge is -2.09. The number of aryl methyl sites for hydroxylation is 1. The van der Waals surface area contributed by atoms with Crippen LogP contribution >= 0.6 is 0 Å². The van der Waals surface area contributed by atoms with Crippen LogP contribution in [0.25, 0.3) is 22.4 Å². The number of rotatable bonds is 7. The van der Waals surface area contributed by atoms with Crippen LogP contribution in [0.4, 0.5) is 0 Å². The average molecular weight is 398 g/mol. The van der Waals surface area contributed by atoms with Gasteiger partial charge in [-0.3, -0.25) is 14.5 Å². The highest BCUT2D eigenvalue weighted by molar-refractivity contribution is 5.77. The molecule has 2 aromatic heterocycles. The van der Waals surface area contributed by atoms with E-state index >= 15 is 0 Å². The first-order valence-corrected chi connectivity index (χ1v) is 9.66. The van der Waals surface area contributed by atoms with E-state index in [1.807, 2.05) is 61.6 Å². The van der Waals surface area contributed by atoms with Crippen molar-refractivity contribution in [2.45, 2.75) is 6.54 Å². The van der Waals surface area contributed by atoms with Gasteiger partial charge < -0.3 is 10.1 Å². The molecule has 0 radical (unpaired) electrons. The third-order valence-corrected chi connectivity index (χ3v) is 4.73. The Kier molecular flexibility index (Phi) is 5.85. The van der Waals surface area contributed by atoms with Gasteiger partial charge in [0.05, 0.1) is 5.69 Å². The molecule has 0 spiro atoms. The Labute approximate surface area is 175 Å². The predicted octanol–water partition coefficient (Wildman–Crippen LogP) is 3.84. The Morgan fingerprint density at radius 3 is 2.47 bits per heavy atom. The van der Waals surface area contributed by atoms with Gasteiger partial charge in [0, 0.05) is 37.7 Å². The van der Waals surface area contributed by atoms with Crippen molar-refractivity contribution < 1.29 is 9.53 Å². The van der Waals surface area contributed by atoms with E-state index in [2.05, 4.69) is 27.5 Å². The summed E-state index contributed by atoms with van der Waals surface area (Å²) in [6.45, 7) is 0.341. The Bertz CT molecular complexity index is 1120. The number of hydrogen-bond donors (Lipinski definition) is 1. The molecule has 1 N–H and O–H groups in total. The van der Waals surface area contributed by atoms with Crippen LogP contribution in [0, 0.1) is 0 Å². The van der Waals surface area contributed by atoms with Crippen molar-refractivity contribution in [2.75, 3.05) is 6.61 Å². The maximum Gasteiger partial charge on any atom is 0.258 e. The molecule has 150 valence electrons. The maximum atomic E-state index is 12.2. The van der Waals surface area contributed by atoms with Crippen LogP contribution in [0.2, 0.25) is 0 Å². The second-order valence-electron chi connectivity index (χ2n) is 6.88. The van der Waals surface area contributed by atoms with Gasteiger partial charge in [-0.2, -0.15) is 5.10 Å². The fourth-order valence-corrected chi connectivity index (χ4v) is 3.16. The normalized spacial score (nSPS) is 10.6. The zero-order chi connectivity index (χ0) is 20.8. The zero-order valence-electron chi connectivity index (χ0n) is 16.7. The molecule has 4 aromatic rings. The number of amides is 1. The first-order valence-electron chi connectivity index (χ1n) is 9.66. The second-order valence-corrected chi connectivity index (χ2v) is 6.88. The van der Waals surface area contributed by atoms with E-state index in [0.717, 1.165) is 27.9 Å². The molecular weight excluding hydrogens is 376 g/mol. The Morgan fingerprint density at radius 2 is 1.73 bits per heavy atom. The highest BCUT2D eigenvalue weighted by atomic mass is 16.5. The van der Waals surface area contributed by atoms with Crippen LogP contribution in [0.3, 0.4) is 0 Å². The van der Waals surface area contributed by atoms with E-state index in [1.54, 1.807) is 23.3 Å². The molecule has 0 aliphatic rings. The number of benzene rings is 2. The number of nitrogens with one attached hydrogen (secondary N) is 1. The van der Waals surface area contributed by atoms with Gasteiger partial charge in [-0.15, -0.1) is 0 Å².